The first-order chi connectivity index (χ1) is 19.7. The second-order valence-corrected chi connectivity index (χ2v) is 13.0. The Kier molecular flexibility index (Phi) is 7.87. The largest absolute Gasteiger partial charge is 0.472 e. The maximum absolute atomic E-state index is 13.4. The van der Waals surface area contributed by atoms with Crippen LogP contribution in [0.1, 0.15) is 65.6 Å². The number of rotatable bonds is 5. The van der Waals surface area contributed by atoms with Crippen molar-refractivity contribution in [1.29, 1.82) is 0 Å². The number of pyridine rings is 1. The second kappa shape index (κ2) is 11.4. The van der Waals surface area contributed by atoms with E-state index in [9.17, 15) is 4.79 Å². The Labute approximate surface area is 251 Å². The molecule has 9 heteroatoms. The highest BCUT2D eigenvalue weighted by atomic mass is 79.9. The summed E-state index contributed by atoms with van der Waals surface area (Å²) in [6.07, 6.45) is 6.13. The molecular formula is C32H39BrN6O2. The molecular weight excluding hydrogens is 580 g/mol. The van der Waals surface area contributed by atoms with Crippen LogP contribution < -0.4 is 4.74 Å². The maximum Gasteiger partial charge on any atom is 0.257 e. The summed E-state index contributed by atoms with van der Waals surface area (Å²) in [5.74, 6) is 0.744. The van der Waals surface area contributed by atoms with E-state index in [0.717, 1.165) is 67.8 Å². The van der Waals surface area contributed by atoms with E-state index in [0.29, 0.717) is 17.5 Å². The van der Waals surface area contributed by atoms with Gasteiger partial charge in [-0.05, 0) is 69.9 Å². The van der Waals surface area contributed by atoms with E-state index in [4.69, 9.17) is 4.74 Å². The number of piperazine rings is 1. The van der Waals surface area contributed by atoms with Gasteiger partial charge in [-0.15, -0.1) is 0 Å². The monoisotopic (exact) mass is 618 g/mol. The number of benzene rings is 1. The Hall–Kier alpha value is -2.88. The number of amides is 1. The van der Waals surface area contributed by atoms with Crippen molar-refractivity contribution >= 4 is 21.8 Å². The summed E-state index contributed by atoms with van der Waals surface area (Å²) in [6.45, 7) is 13.0. The fourth-order valence-electron chi connectivity index (χ4n) is 7.08. The number of halogens is 1. The molecule has 6 rings (SSSR count). The first-order valence-electron chi connectivity index (χ1n) is 14.7. The lowest BCUT2D eigenvalue weighted by atomic mass is 9.86. The van der Waals surface area contributed by atoms with Crippen LogP contribution in [0.15, 0.2) is 53.4 Å². The van der Waals surface area contributed by atoms with Gasteiger partial charge in [0.15, 0.2) is 0 Å². The third kappa shape index (κ3) is 5.51. The first kappa shape index (κ1) is 28.2. The van der Waals surface area contributed by atoms with Crippen LogP contribution in [0.3, 0.4) is 0 Å². The predicted octanol–water partition coefficient (Wildman–Crippen LogP) is 5.00. The Morgan fingerprint density at radius 2 is 1.78 bits per heavy atom. The SMILES string of the molecule is Cc1ncnc(C)c1C(=O)N1CCC(C)(N2CCN([C@@H]3c4ccc(Br)cc4C[C@@H]3Oc3ccccn3)[C@@H](C)C2)CC1. The van der Waals surface area contributed by atoms with Crippen LogP contribution in [-0.2, 0) is 6.42 Å². The number of piperidine rings is 1. The number of ether oxygens (including phenoxy) is 1. The minimum Gasteiger partial charge on any atom is -0.472 e. The van der Waals surface area contributed by atoms with Crippen molar-refractivity contribution in [2.45, 2.75) is 70.7 Å². The van der Waals surface area contributed by atoms with E-state index < -0.39 is 0 Å². The number of carbonyl (C=O) groups excluding carboxylic acids is 1. The molecule has 2 aromatic heterocycles. The van der Waals surface area contributed by atoms with Gasteiger partial charge in [0.25, 0.3) is 5.91 Å². The van der Waals surface area contributed by atoms with Crippen molar-refractivity contribution in [3.63, 3.8) is 0 Å². The minimum absolute atomic E-state index is 0.0157. The van der Waals surface area contributed by atoms with E-state index in [-0.39, 0.29) is 23.6 Å². The molecule has 0 unspecified atom stereocenters. The Balaban J connectivity index is 1.14. The molecule has 0 spiro atoms. The average Bonchev–Trinajstić information content (AvgIpc) is 3.30. The molecule has 4 heterocycles. The molecule has 2 aliphatic heterocycles. The number of aromatic nitrogens is 3. The Bertz CT molecular complexity index is 1390. The molecule has 0 radical (unpaired) electrons. The molecule has 216 valence electrons. The van der Waals surface area contributed by atoms with Crippen molar-refractivity contribution in [3.8, 4) is 5.88 Å². The molecule has 3 aliphatic rings. The number of hydrogen-bond acceptors (Lipinski definition) is 7. The van der Waals surface area contributed by atoms with Crippen LogP contribution in [-0.4, -0.2) is 86.0 Å². The van der Waals surface area contributed by atoms with E-state index in [1.54, 1.807) is 6.20 Å². The van der Waals surface area contributed by atoms with Gasteiger partial charge in [-0.2, -0.15) is 0 Å². The third-order valence-electron chi connectivity index (χ3n) is 9.47. The van der Waals surface area contributed by atoms with E-state index in [1.165, 1.54) is 17.5 Å². The first-order valence-corrected chi connectivity index (χ1v) is 15.5. The lowest BCUT2D eigenvalue weighted by Gasteiger charge is -2.53. The van der Waals surface area contributed by atoms with Gasteiger partial charge < -0.3 is 9.64 Å². The Morgan fingerprint density at radius 3 is 2.46 bits per heavy atom. The predicted molar refractivity (Wildman–Crippen MR) is 162 cm³/mol. The molecule has 3 atom stereocenters. The minimum atomic E-state index is 0.0157. The van der Waals surface area contributed by atoms with Crippen LogP contribution in [0.25, 0.3) is 0 Å². The molecule has 8 nitrogen and oxygen atoms in total. The smallest absolute Gasteiger partial charge is 0.257 e. The van der Waals surface area contributed by atoms with E-state index in [2.05, 4.69) is 72.7 Å². The fraction of sp³-hybridized carbons (Fsp3) is 0.500. The molecule has 41 heavy (non-hydrogen) atoms. The molecule has 0 saturated carbocycles. The van der Waals surface area contributed by atoms with Crippen LogP contribution in [0.5, 0.6) is 5.88 Å². The topological polar surface area (TPSA) is 74.7 Å². The third-order valence-corrected chi connectivity index (χ3v) is 9.97. The van der Waals surface area contributed by atoms with Crippen LogP contribution >= 0.6 is 15.9 Å². The molecule has 0 N–H and O–H groups in total. The normalized spacial score (nSPS) is 24.7. The van der Waals surface area contributed by atoms with Gasteiger partial charge in [0.1, 0.15) is 12.4 Å². The average molecular weight is 620 g/mol. The number of hydrogen-bond donors (Lipinski definition) is 0. The van der Waals surface area contributed by atoms with Crippen molar-refractivity contribution in [2.75, 3.05) is 32.7 Å². The lowest BCUT2D eigenvalue weighted by Crippen LogP contribution is -2.63. The summed E-state index contributed by atoms with van der Waals surface area (Å²) in [6, 6.07) is 13.1. The van der Waals surface area contributed by atoms with Gasteiger partial charge in [-0.3, -0.25) is 14.6 Å². The molecule has 3 aromatic rings. The molecule has 0 bridgehead atoms. The summed E-state index contributed by atoms with van der Waals surface area (Å²) in [7, 11) is 0. The number of aryl methyl sites for hydroxylation is 2. The zero-order valence-corrected chi connectivity index (χ0v) is 26.0. The highest BCUT2D eigenvalue weighted by molar-refractivity contribution is 9.10. The van der Waals surface area contributed by atoms with E-state index >= 15 is 0 Å². The van der Waals surface area contributed by atoms with Crippen LogP contribution in [0.2, 0.25) is 0 Å². The van der Waals surface area contributed by atoms with E-state index in [1.807, 2.05) is 36.9 Å². The van der Waals surface area contributed by atoms with Crippen LogP contribution in [0.4, 0.5) is 0 Å². The fourth-order valence-corrected chi connectivity index (χ4v) is 7.49. The van der Waals surface area contributed by atoms with Crippen molar-refractivity contribution in [2.24, 2.45) is 0 Å². The second-order valence-electron chi connectivity index (χ2n) is 12.1. The van der Waals surface area contributed by atoms with Crippen molar-refractivity contribution in [1.82, 2.24) is 29.7 Å². The van der Waals surface area contributed by atoms with Gasteiger partial charge in [-0.1, -0.05) is 28.1 Å². The van der Waals surface area contributed by atoms with Gasteiger partial charge >= 0.3 is 0 Å². The summed E-state index contributed by atoms with van der Waals surface area (Å²) >= 11 is 3.67. The summed E-state index contributed by atoms with van der Waals surface area (Å²) in [4.78, 5) is 33.7. The van der Waals surface area contributed by atoms with Crippen LogP contribution in [0, 0.1) is 13.8 Å². The number of carbonyl (C=O) groups is 1. The van der Waals surface area contributed by atoms with Crippen molar-refractivity contribution in [3.05, 3.63) is 81.5 Å². The Morgan fingerprint density at radius 1 is 1.02 bits per heavy atom. The van der Waals surface area contributed by atoms with Gasteiger partial charge in [0.2, 0.25) is 5.88 Å². The number of fused-ring (bicyclic) bond motifs is 1. The standard InChI is InChI=1S/C32H39BrN6O2/c1-21-19-38(32(4)10-13-37(14-11-32)31(40)29-22(2)35-20-36-23(29)3)15-16-39(21)30-26-9-8-25(33)17-24(26)18-27(30)41-28-7-5-6-12-34-28/h5-9,12,17,20-21,27,30H,10-11,13-16,18-19H2,1-4H3/t21-,27-,30+/m0/s1. The lowest BCUT2D eigenvalue weighted by molar-refractivity contribution is -0.0455. The zero-order valence-electron chi connectivity index (χ0n) is 24.4. The summed E-state index contributed by atoms with van der Waals surface area (Å²) in [5.41, 5.74) is 4.95. The van der Waals surface area contributed by atoms with Gasteiger partial charge in [-0.25, -0.2) is 15.0 Å². The zero-order chi connectivity index (χ0) is 28.7. The molecule has 2 saturated heterocycles. The van der Waals surface area contributed by atoms with Crippen molar-refractivity contribution < 1.29 is 9.53 Å². The summed E-state index contributed by atoms with van der Waals surface area (Å²) < 4.78 is 7.64. The molecule has 1 amide bonds. The number of nitrogens with zero attached hydrogens (tertiary/aromatic N) is 6. The van der Waals surface area contributed by atoms with Gasteiger partial charge in [0, 0.05) is 67.5 Å². The molecule has 1 aromatic carbocycles. The molecule has 1 aliphatic carbocycles. The maximum atomic E-state index is 13.4. The highest BCUT2D eigenvalue weighted by Gasteiger charge is 2.45. The highest BCUT2D eigenvalue weighted by Crippen LogP contribution is 2.42. The number of likely N-dealkylation sites (tertiary alicyclic amines) is 1. The summed E-state index contributed by atoms with van der Waals surface area (Å²) in [5, 5.41) is 0. The quantitative estimate of drug-likeness (QED) is 0.398. The van der Waals surface area contributed by atoms with Gasteiger partial charge in [0.05, 0.1) is 23.0 Å². The molecule has 2 fully saturated rings.